The summed E-state index contributed by atoms with van der Waals surface area (Å²) in [6.45, 7) is 0.192. The molecule has 84 valence electrons. The Labute approximate surface area is 94.2 Å². The van der Waals surface area contributed by atoms with Crippen LogP contribution >= 0.6 is 23.4 Å². The van der Waals surface area contributed by atoms with Gasteiger partial charge in [0.25, 0.3) is 0 Å². The highest BCUT2D eigenvalue weighted by atomic mass is 35.5. The molecule has 0 aliphatic carbocycles. The zero-order valence-electron chi connectivity index (χ0n) is 7.51. The molecular weight excluding hydrogens is 249 g/mol. The van der Waals surface area contributed by atoms with E-state index in [9.17, 15) is 13.2 Å². The largest absolute Gasteiger partial charge is 0.441 e. The lowest BCUT2D eigenvalue weighted by Gasteiger charge is -2.07. The Bertz CT molecular complexity index is 319. The number of aromatic nitrogens is 1. The number of rotatable bonds is 4. The highest BCUT2D eigenvalue weighted by Crippen LogP contribution is 2.29. The second-order valence-corrected chi connectivity index (χ2v) is 4.11. The predicted molar refractivity (Wildman–Crippen MR) is 56.2 cm³/mol. The summed E-state index contributed by atoms with van der Waals surface area (Å²) in [6, 6.07) is 4.91. The average molecular weight is 257 g/mol. The van der Waals surface area contributed by atoms with Gasteiger partial charge in [0, 0.05) is 12.3 Å². The number of hydrogen-bond acceptors (Lipinski definition) is 3. The fourth-order valence-electron chi connectivity index (χ4n) is 0.853. The maximum Gasteiger partial charge on any atom is 0.441 e. The van der Waals surface area contributed by atoms with Crippen LogP contribution in [0, 0.1) is 0 Å². The van der Waals surface area contributed by atoms with Crippen LogP contribution in [-0.4, -0.2) is 22.8 Å². The number of nitrogens with one attached hydrogen (secondary N) is 1. The second-order valence-electron chi connectivity index (χ2n) is 2.57. The van der Waals surface area contributed by atoms with Crippen LogP contribution in [0.25, 0.3) is 0 Å². The lowest BCUT2D eigenvalue weighted by atomic mass is 10.4. The Morgan fingerprint density at radius 2 is 2.13 bits per heavy atom. The molecule has 0 aliphatic heterocycles. The van der Waals surface area contributed by atoms with E-state index in [0.29, 0.717) is 11.0 Å². The van der Waals surface area contributed by atoms with Gasteiger partial charge in [0.1, 0.15) is 11.0 Å². The fourth-order valence-corrected chi connectivity index (χ4v) is 1.45. The van der Waals surface area contributed by atoms with E-state index in [1.165, 1.54) is 0 Å². The molecule has 1 rings (SSSR count). The van der Waals surface area contributed by atoms with Crippen LogP contribution in [0.15, 0.2) is 18.2 Å². The summed E-state index contributed by atoms with van der Waals surface area (Å²) in [4.78, 5) is 3.87. The molecule has 1 aromatic heterocycles. The molecule has 15 heavy (non-hydrogen) atoms. The predicted octanol–water partition coefficient (Wildman–Crippen LogP) is 3.40. The summed E-state index contributed by atoms with van der Waals surface area (Å²) in [5, 5.41) is 3.05. The molecule has 0 bridgehead atoms. The molecule has 2 nitrogen and oxygen atoms in total. The van der Waals surface area contributed by atoms with Crippen molar-refractivity contribution in [2.24, 2.45) is 0 Å². The topological polar surface area (TPSA) is 24.9 Å². The standard InChI is InChI=1S/C8H8ClF3N2S/c9-6-2-1-3-7(14-6)13-4-5-15-8(10,11)12/h1-3H,4-5H2,(H,13,14). The summed E-state index contributed by atoms with van der Waals surface area (Å²) >= 11 is 5.53. The van der Waals surface area contributed by atoms with Gasteiger partial charge in [-0.25, -0.2) is 4.98 Å². The van der Waals surface area contributed by atoms with E-state index in [2.05, 4.69) is 10.3 Å². The van der Waals surface area contributed by atoms with Gasteiger partial charge in [0.15, 0.2) is 0 Å². The van der Waals surface area contributed by atoms with E-state index < -0.39 is 5.51 Å². The monoisotopic (exact) mass is 256 g/mol. The van der Waals surface area contributed by atoms with Crippen LogP contribution in [0.2, 0.25) is 5.15 Å². The normalized spacial score (nSPS) is 11.5. The maximum atomic E-state index is 11.7. The molecule has 0 radical (unpaired) electrons. The van der Waals surface area contributed by atoms with Gasteiger partial charge in [-0.15, -0.1) is 0 Å². The third kappa shape index (κ3) is 5.74. The smallest absolute Gasteiger partial charge is 0.369 e. The van der Waals surface area contributed by atoms with Crippen molar-refractivity contribution >= 4 is 29.2 Å². The molecular formula is C8H8ClF3N2S. The van der Waals surface area contributed by atoms with Crippen molar-refractivity contribution in [3.8, 4) is 0 Å². The minimum atomic E-state index is -4.18. The zero-order chi connectivity index (χ0) is 11.3. The van der Waals surface area contributed by atoms with Crippen molar-refractivity contribution in [1.29, 1.82) is 0 Å². The van der Waals surface area contributed by atoms with Crippen molar-refractivity contribution in [3.05, 3.63) is 23.4 Å². The fraction of sp³-hybridized carbons (Fsp3) is 0.375. The van der Waals surface area contributed by atoms with Crippen LogP contribution in [0.3, 0.4) is 0 Å². The first-order valence-corrected chi connectivity index (χ1v) is 5.41. The first kappa shape index (κ1) is 12.4. The van der Waals surface area contributed by atoms with Gasteiger partial charge in [-0.3, -0.25) is 0 Å². The zero-order valence-corrected chi connectivity index (χ0v) is 9.09. The molecule has 7 heteroatoms. The molecule has 0 amide bonds. The van der Waals surface area contributed by atoms with Crippen molar-refractivity contribution in [3.63, 3.8) is 0 Å². The van der Waals surface area contributed by atoms with E-state index in [1.807, 2.05) is 0 Å². The quantitative estimate of drug-likeness (QED) is 0.660. The number of alkyl halides is 3. The van der Waals surface area contributed by atoms with Gasteiger partial charge in [-0.2, -0.15) is 13.2 Å². The van der Waals surface area contributed by atoms with Crippen LogP contribution in [0.5, 0.6) is 0 Å². The third-order valence-electron chi connectivity index (χ3n) is 1.39. The lowest BCUT2D eigenvalue weighted by molar-refractivity contribution is -0.0327. The highest BCUT2D eigenvalue weighted by molar-refractivity contribution is 8.00. The van der Waals surface area contributed by atoms with E-state index in [0.717, 1.165) is 0 Å². The van der Waals surface area contributed by atoms with E-state index in [-0.39, 0.29) is 24.1 Å². The first-order chi connectivity index (χ1) is 6.97. The summed E-state index contributed by atoms with van der Waals surface area (Å²) < 4.78 is 35.2. The molecule has 0 spiro atoms. The molecule has 0 atom stereocenters. The molecule has 0 aromatic carbocycles. The Kier molecular flexibility index (Phi) is 4.53. The number of nitrogens with zero attached hydrogens (tertiary/aromatic N) is 1. The van der Waals surface area contributed by atoms with Crippen molar-refractivity contribution < 1.29 is 13.2 Å². The summed E-state index contributed by atoms with van der Waals surface area (Å²) in [6.07, 6.45) is 0. The number of anilines is 1. The molecule has 0 saturated carbocycles. The lowest BCUT2D eigenvalue weighted by Crippen LogP contribution is -2.10. The summed E-state index contributed by atoms with van der Waals surface area (Å²) in [5.41, 5.74) is -4.18. The SMILES string of the molecule is FC(F)(F)SCCNc1cccc(Cl)n1. The van der Waals surface area contributed by atoms with Crippen LogP contribution in [-0.2, 0) is 0 Å². The number of pyridine rings is 1. The van der Waals surface area contributed by atoms with Gasteiger partial charge in [0.2, 0.25) is 0 Å². The van der Waals surface area contributed by atoms with Gasteiger partial charge in [0.05, 0.1) is 0 Å². The van der Waals surface area contributed by atoms with Crippen molar-refractivity contribution in [2.75, 3.05) is 17.6 Å². The van der Waals surface area contributed by atoms with E-state index >= 15 is 0 Å². The maximum absolute atomic E-state index is 11.7. The molecule has 1 heterocycles. The van der Waals surface area contributed by atoms with Gasteiger partial charge in [-0.05, 0) is 23.9 Å². The van der Waals surface area contributed by atoms with Gasteiger partial charge in [-0.1, -0.05) is 17.7 Å². The summed E-state index contributed by atoms with van der Waals surface area (Å²) in [5.74, 6) is 0.419. The third-order valence-corrected chi connectivity index (χ3v) is 2.34. The van der Waals surface area contributed by atoms with Gasteiger partial charge < -0.3 is 5.32 Å². The van der Waals surface area contributed by atoms with Crippen molar-refractivity contribution in [1.82, 2.24) is 4.98 Å². The molecule has 0 aliphatic rings. The Hall–Kier alpha value is -0.620. The molecule has 1 aromatic rings. The molecule has 1 N–H and O–H groups in total. The van der Waals surface area contributed by atoms with Gasteiger partial charge >= 0.3 is 5.51 Å². The molecule has 0 saturated heterocycles. The second kappa shape index (κ2) is 5.46. The van der Waals surface area contributed by atoms with Crippen LogP contribution in [0.1, 0.15) is 0 Å². The van der Waals surface area contributed by atoms with E-state index in [1.54, 1.807) is 18.2 Å². The van der Waals surface area contributed by atoms with Crippen LogP contribution in [0.4, 0.5) is 19.0 Å². The van der Waals surface area contributed by atoms with E-state index in [4.69, 9.17) is 11.6 Å². The minimum Gasteiger partial charge on any atom is -0.369 e. The van der Waals surface area contributed by atoms with Crippen LogP contribution < -0.4 is 5.32 Å². The Balaban J connectivity index is 2.26. The highest BCUT2D eigenvalue weighted by Gasteiger charge is 2.27. The van der Waals surface area contributed by atoms with Crippen molar-refractivity contribution in [2.45, 2.75) is 5.51 Å². The minimum absolute atomic E-state index is 0.0578. The summed E-state index contributed by atoms with van der Waals surface area (Å²) in [7, 11) is 0. The number of halogens is 4. The number of thioether (sulfide) groups is 1. The molecule has 0 fully saturated rings. The Morgan fingerprint density at radius 1 is 1.40 bits per heavy atom. The molecule has 0 unspecified atom stereocenters. The Morgan fingerprint density at radius 3 is 2.73 bits per heavy atom. The first-order valence-electron chi connectivity index (χ1n) is 4.04. The average Bonchev–Trinajstić information content (AvgIpc) is 2.11. The number of hydrogen-bond donors (Lipinski definition) is 1.